The maximum absolute atomic E-state index is 13.7. The molecule has 0 bridgehead atoms. The molecule has 0 saturated heterocycles. The van der Waals surface area contributed by atoms with Gasteiger partial charge in [-0.15, -0.1) is 0 Å². The molecule has 29 heavy (non-hydrogen) atoms. The van der Waals surface area contributed by atoms with Crippen molar-refractivity contribution in [3.8, 4) is 0 Å². The SMILES string of the molecule is Cc1cccc(C(C)C)c1NC(=O)COC(=O)C1(c2cccc(F)c2)CCCC1. The van der Waals surface area contributed by atoms with Crippen molar-refractivity contribution in [2.75, 3.05) is 11.9 Å². The second-order valence-corrected chi connectivity index (χ2v) is 8.12. The maximum Gasteiger partial charge on any atom is 0.317 e. The number of amides is 1. The zero-order valence-electron chi connectivity index (χ0n) is 17.3. The topological polar surface area (TPSA) is 55.4 Å². The van der Waals surface area contributed by atoms with Crippen LogP contribution in [-0.4, -0.2) is 18.5 Å². The highest BCUT2D eigenvalue weighted by atomic mass is 19.1. The van der Waals surface area contributed by atoms with Crippen LogP contribution in [0, 0.1) is 12.7 Å². The molecule has 0 spiro atoms. The van der Waals surface area contributed by atoms with E-state index in [0.717, 1.165) is 29.7 Å². The molecule has 0 aliphatic heterocycles. The molecule has 4 nitrogen and oxygen atoms in total. The normalized spacial score (nSPS) is 15.3. The molecule has 154 valence electrons. The molecule has 0 atom stereocenters. The molecule has 0 radical (unpaired) electrons. The van der Waals surface area contributed by atoms with Gasteiger partial charge in [0.05, 0.1) is 5.41 Å². The molecule has 0 aromatic heterocycles. The van der Waals surface area contributed by atoms with Gasteiger partial charge in [-0.05, 0) is 54.5 Å². The largest absolute Gasteiger partial charge is 0.455 e. The Bertz CT molecular complexity index is 901. The lowest BCUT2D eigenvalue weighted by molar-refractivity contribution is -0.153. The molecule has 5 heteroatoms. The predicted molar refractivity (Wildman–Crippen MR) is 111 cm³/mol. The van der Waals surface area contributed by atoms with Gasteiger partial charge in [-0.2, -0.15) is 0 Å². The summed E-state index contributed by atoms with van der Waals surface area (Å²) < 4.78 is 19.2. The van der Waals surface area contributed by atoms with Gasteiger partial charge in [0.25, 0.3) is 5.91 Å². The van der Waals surface area contributed by atoms with E-state index in [2.05, 4.69) is 19.2 Å². The lowest BCUT2D eigenvalue weighted by atomic mass is 9.79. The van der Waals surface area contributed by atoms with Crippen molar-refractivity contribution in [3.05, 3.63) is 65.0 Å². The Morgan fingerprint density at radius 2 is 1.83 bits per heavy atom. The molecule has 1 N–H and O–H groups in total. The van der Waals surface area contributed by atoms with Gasteiger partial charge in [-0.1, -0.05) is 57.0 Å². The summed E-state index contributed by atoms with van der Waals surface area (Å²) in [4.78, 5) is 25.5. The third kappa shape index (κ3) is 4.50. The lowest BCUT2D eigenvalue weighted by Crippen LogP contribution is -2.36. The van der Waals surface area contributed by atoms with Gasteiger partial charge in [0.15, 0.2) is 6.61 Å². The highest BCUT2D eigenvalue weighted by Gasteiger charge is 2.44. The molecular weight excluding hydrogens is 369 g/mol. The summed E-state index contributed by atoms with van der Waals surface area (Å²) in [5.41, 5.74) is 2.53. The van der Waals surface area contributed by atoms with E-state index in [0.29, 0.717) is 18.4 Å². The fourth-order valence-electron chi connectivity index (χ4n) is 4.16. The number of carbonyl (C=O) groups is 2. The van der Waals surface area contributed by atoms with Crippen molar-refractivity contribution in [3.63, 3.8) is 0 Å². The van der Waals surface area contributed by atoms with E-state index in [1.807, 2.05) is 25.1 Å². The Kier molecular flexibility index (Phi) is 6.36. The lowest BCUT2D eigenvalue weighted by Gasteiger charge is -2.27. The van der Waals surface area contributed by atoms with Crippen LogP contribution in [-0.2, 0) is 19.7 Å². The third-order valence-electron chi connectivity index (χ3n) is 5.75. The number of esters is 1. The predicted octanol–water partition coefficient (Wildman–Crippen LogP) is 5.25. The summed E-state index contributed by atoms with van der Waals surface area (Å²) in [6.07, 6.45) is 2.95. The van der Waals surface area contributed by atoms with Gasteiger partial charge in [-0.25, -0.2) is 4.39 Å². The number of aryl methyl sites for hydroxylation is 1. The molecule has 1 amide bonds. The Labute approximate surface area is 171 Å². The van der Waals surface area contributed by atoms with Gasteiger partial charge in [0, 0.05) is 5.69 Å². The average Bonchev–Trinajstić information content (AvgIpc) is 3.19. The molecule has 3 rings (SSSR count). The van der Waals surface area contributed by atoms with Crippen molar-refractivity contribution in [1.29, 1.82) is 0 Å². The number of ether oxygens (including phenoxy) is 1. The smallest absolute Gasteiger partial charge is 0.317 e. The van der Waals surface area contributed by atoms with Gasteiger partial charge < -0.3 is 10.1 Å². The number of rotatable bonds is 6. The number of halogens is 1. The molecule has 1 saturated carbocycles. The van der Waals surface area contributed by atoms with Crippen LogP contribution in [0.1, 0.15) is 62.1 Å². The first-order valence-corrected chi connectivity index (χ1v) is 10.2. The van der Waals surface area contributed by atoms with E-state index in [-0.39, 0.29) is 24.2 Å². The summed E-state index contributed by atoms with van der Waals surface area (Å²) in [5.74, 6) is -0.950. The number of carbonyl (C=O) groups excluding carboxylic acids is 2. The second-order valence-electron chi connectivity index (χ2n) is 8.12. The zero-order chi connectivity index (χ0) is 21.0. The van der Waals surface area contributed by atoms with Crippen LogP contribution >= 0.6 is 0 Å². The summed E-state index contributed by atoms with van der Waals surface area (Å²) in [5, 5.41) is 2.89. The summed E-state index contributed by atoms with van der Waals surface area (Å²) in [6, 6.07) is 12.0. The monoisotopic (exact) mass is 397 g/mol. The fourth-order valence-corrected chi connectivity index (χ4v) is 4.16. The van der Waals surface area contributed by atoms with Gasteiger partial charge in [-0.3, -0.25) is 9.59 Å². The highest BCUT2D eigenvalue weighted by Crippen LogP contribution is 2.42. The highest BCUT2D eigenvalue weighted by molar-refractivity contribution is 5.95. The molecule has 0 unspecified atom stereocenters. The van der Waals surface area contributed by atoms with E-state index >= 15 is 0 Å². The Balaban J connectivity index is 1.71. The first-order chi connectivity index (χ1) is 13.8. The van der Waals surface area contributed by atoms with Crippen molar-refractivity contribution in [2.24, 2.45) is 0 Å². The standard InChI is InChI=1S/C24H28FNO3/c1-16(2)20-11-6-8-17(3)22(20)26-21(27)15-29-23(28)24(12-4-5-13-24)18-9-7-10-19(25)14-18/h6-11,14,16H,4-5,12-13,15H2,1-3H3,(H,26,27). The second kappa shape index (κ2) is 8.76. The number of para-hydroxylation sites is 1. The van der Waals surface area contributed by atoms with E-state index in [9.17, 15) is 14.0 Å². The zero-order valence-corrected chi connectivity index (χ0v) is 17.3. The minimum Gasteiger partial charge on any atom is -0.455 e. The van der Waals surface area contributed by atoms with Gasteiger partial charge >= 0.3 is 5.97 Å². The fraction of sp³-hybridized carbons (Fsp3) is 0.417. The van der Waals surface area contributed by atoms with Crippen molar-refractivity contribution < 1.29 is 18.7 Å². The summed E-state index contributed by atoms with van der Waals surface area (Å²) in [7, 11) is 0. The molecule has 1 aliphatic rings. The number of benzene rings is 2. The number of hydrogen-bond acceptors (Lipinski definition) is 3. The summed E-state index contributed by atoms with van der Waals surface area (Å²) in [6.45, 7) is 5.70. The molecule has 1 aliphatic carbocycles. The molecule has 2 aromatic rings. The van der Waals surface area contributed by atoms with Gasteiger partial charge in [0.1, 0.15) is 5.82 Å². The molecular formula is C24H28FNO3. The van der Waals surface area contributed by atoms with Crippen LogP contribution in [0.15, 0.2) is 42.5 Å². The van der Waals surface area contributed by atoms with E-state index < -0.39 is 11.4 Å². The Morgan fingerprint density at radius 1 is 1.14 bits per heavy atom. The van der Waals surface area contributed by atoms with Crippen LogP contribution in [0.2, 0.25) is 0 Å². The van der Waals surface area contributed by atoms with Crippen LogP contribution in [0.25, 0.3) is 0 Å². The molecule has 0 heterocycles. The van der Waals surface area contributed by atoms with Crippen LogP contribution < -0.4 is 5.32 Å². The number of anilines is 1. The van der Waals surface area contributed by atoms with Crippen LogP contribution in [0.3, 0.4) is 0 Å². The average molecular weight is 397 g/mol. The molecule has 2 aromatic carbocycles. The first kappa shape index (κ1) is 21.0. The van der Waals surface area contributed by atoms with Crippen LogP contribution in [0.4, 0.5) is 10.1 Å². The van der Waals surface area contributed by atoms with E-state index in [1.165, 1.54) is 12.1 Å². The van der Waals surface area contributed by atoms with Gasteiger partial charge in [0.2, 0.25) is 0 Å². The van der Waals surface area contributed by atoms with E-state index in [1.54, 1.807) is 12.1 Å². The Morgan fingerprint density at radius 3 is 2.48 bits per heavy atom. The van der Waals surface area contributed by atoms with Crippen molar-refractivity contribution in [2.45, 2.75) is 57.8 Å². The first-order valence-electron chi connectivity index (χ1n) is 10.2. The minimum atomic E-state index is -0.867. The number of hydrogen-bond donors (Lipinski definition) is 1. The van der Waals surface area contributed by atoms with Crippen molar-refractivity contribution in [1.82, 2.24) is 0 Å². The summed E-state index contributed by atoms with van der Waals surface area (Å²) >= 11 is 0. The number of nitrogens with one attached hydrogen (secondary N) is 1. The minimum absolute atomic E-state index is 0.252. The Hall–Kier alpha value is -2.69. The maximum atomic E-state index is 13.7. The van der Waals surface area contributed by atoms with Crippen molar-refractivity contribution >= 4 is 17.6 Å². The quantitative estimate of drug-likeness (QED) is 0.677. The molecule has 1 fully saturated rings. The van der Waals surface area contributed by atoms with Crippen LogP contribution in [0.5, 0.6) is 0 Å². The third-order valence-corrected chi connectivity index (χ3v) is 5.75. The van der Waals surface area contributed by atoms with E-state index in [4.69, 9.17) is 4.74 Å².